The first-order valence-corrected chi connectivity index (χ1v) is 10.0. The van der Waals surface area contributed by atoms with Gasteiger partial charge in [0.05, 0.1) is 11.1 Å². The van der Waals surface area contributed by atoms with E-state index < -0.39 is 17.7 Å². The second-order valence-corrected chi connectivity index (χ2v) is 9.46. The van der Waals surface area contributed by atoms with Crippen LogP contribution in [0, 0.1) is 6.92 Å². The van der Waals surface area contributed by atoms with Gasteiger partial charge < -0.3 is 5.11 Å². The average Bonchev–Trinajstić information content (AvgIpc) is 2.63. The predicted octanol–water partition coefficient (Wildman–Crippen LogP) is 7.15. The van der Waals surface area contributed by atoms with E-state index in [0.29, 0.717) is 5.56 Å². The van der Waals surface area contributed by atoms with Crippen molar-refractivity contribution in [2.75, 3.05) is 0 Å². The minimum Gasteiger partial charge on any atom is -0.478 e. The molecule has 160 valence electrons. The van der Waals surface area contributed by atoms with E-state index in [9.17, 15) is 18.0 Å². The first-order valence-electron chi connectivity index (χ1n) is 10.0. The van der Waals surface area contributed by atoms with Crippen LogP contribution in [0.2, 0.25) is 0 Å². The van der Waals surface area contributed by atoms with Crippen molar-refractivity contribution in [3.8, 4) is 0 Å². The van der Waals surface area contributed by atoms with Crippen LogP contribution in [-0.2, 0) is 10.8 Å². The van der Waals surface area contributed by atoms with Gasteiger partial charge in [0.2, 0.25) is 0 Å². The van der Waals surface area contributed by atoms with Crippen LogP contribution in [0.4, 0.5) is 13.2 Å². The van der Waals surface area contributed by atoms with Crippen molar-refractivity contribution in [2.24, 2.45) is 0 Å². The lowest BCUT2D eigenvalue weighted by Crippen LogP contribution is -2.34. The van der Waals surface area contributed by atoms with E-state index in [0.717, 1.165) is 24.0 Å². The number of aryl methyl sites for hydroxylation is 1. The maximum Gasteiger partial charge on any atom is 0.417 e. The molecule has 0 atom stereocenters. The Balaban J connectivity index is 2.18. The second-order valence-electron chi connectivity index (χ2n) is 9.46. The van der Waals surface area contributed by atoms with Crippen molar-refractivity contribution in [2.45, 2.75) is 64.5 Å². The van der Waals surface area contributed by atoms with E-state index in [-0.39, 0.29) is 22.0 Å². The van der Waals surface area contributed by atoms with Gasteiger partial charge in [-0.3, -0.25) is 0 Å². The van der Waals surface area contributed by atoms with Gasteiger partial charge in [-0.25, -0.2) is 4.79 Å². The molecule has 0 amide bonds. The molecular formula is C25H27F3O2. The standard InChI is InChI=1S/C25H27F3O2/c1-15-12-20-21(24(4,5)11-10-23(20,2)3)14-18(15)13-19(25(26,27)28)16-6-8-17(9-7-16)22(29)30/h6-9,12-14H,10-11H2,1-5H3,(H,29,30). The quantitative estimate of drug-likeness (QED) is 0.540. The van der Waals surface area contributed by atoms with Crippen molar-refractivity contribution in [1.82, 2.24) is 0 Å². The zero-order valence-electron chi connectivity index (χ0n) is 17.9. The largest absolute Gasteiger partial charge is 0.478 e. The van der Waals surface area contributed by atoms with Crippen molar-refractivity contribution in [3.63, 3.8) is 0 Å². The van der Waals surface area contributed by atoms with Gasteiger partial charge in [-0.15, -0.1) is 0 Å². The molecule has 0 unspecified atom stereocenters. The number of rotatable bonds is 3. The summed E-state index contributed by atoms with van der Waals surface area (Å²) in [5, 5.41) is 9.01. The van der Waals surface area contributed by atoms with Crippen LogP contribution in [0.5, 0.6) is 0 Å². The summed E-state index contributed by atoms with van der Waals surface area (Å²) in [6.07, 6.45) is -1.38. The number of aromatic carboxylic acids is 1. The van der Waals surface area contributed by atoms with Crippen LogP contribution in [0.15, 0.2) is 36.4 Å². The monoisotopic (exact) mass is 416 g/mol. The number of carboxylic acid groups (broad SMARTS) is 1. The SMILES string of the molecule is Cc1cc2c(cc1C=C(c1ccc(C(=O)O)cc1)C(F)(F)F)C(C)(C)CCC2(C)C. The van der Waals surface area contributed by atoms with Crippen molar-refractivity contribution in [3.05, 3.63) is 69.8 Å². The normalized spacial score (nSPS) is 18.1. The molecule has 30 heavy (non-hydrogen) atoms. The van der Waals surface area contributed by atoms with E-state index >= 15 is 0 Å². The Bertz CT molecular complexity index is 1010. The number of benzene rings is 2. The Morgan fingerprint density at radius 1 is 0.933 bits per heavy atom. The Morgan fingerprint density at radius 2 is 1.40 bits per heavy atom. The topological polar surface area (TPSA) is 37.3 Å². The molecule has 0 saturated heterocycles. The highest BCUT2D eigenvalue weighted by Gasteiger charge is 2.38. The van der Waals surface area contributed by atoms with Gasteiger partial charge in [0.25, 0.3) is 0 Å². The number of hydrogen-bond donors (Lipinski definition) is 1. The average molecular weight is 416 g/mol. The minimum absolute atomic E-state index is 0.0165. The third-order valence-corrected chi connectivity index (χ3v) is 6.29. The van der Waals surface area contributed by atoms with Crippen LogP contribution in [0.25, 0.3) is 11.6 Å². The van der Waals surface area contributed by atoms with Crippen LogP contribution in [-0.4, -0.2) is 17.3 Å². The first kappa shape index (κ1) is 22.1. The van der Waals surface area contributed by atoms with Crippen molar-refractivity contribution in [1.29, 1.82) is 0 Å². The molecule has 2 nitrogen and oxygen atoms in total. The number of halogens is 3. The molecule has 0 bridgehead atoms. The van der Waals surface area contributed by atoms with Gasteiger partial charge in [0.1, 0.15) is 0 Å². The Kier molecular flexibility index (Phi) is 5.38. The van der Waals surface area contributed by atoms with E-state index in [1.54, 1.807) is 0 Å². The Hall–Kier alpha value is -2.56. The highest BCUT2D eigenvalue weighted by Crippen LogP contribution is 2.47. The fraction of sp³-hybridized carbons (Fsp3) is 0.400. The molecule has 2 aromatic rings. The summed E-state index contributed by atoms with van der Waals surface area (Å²) in [7, 11) is 0. The van der Waals surface area contributed by atoms with Crippen LogP contribution in [0.1, 0.15) is 78.7 Å². The molecule has 0 aromatic heterocycles. The molecule has 1 aliphatic rings. The maximum atomic E-state index is 13.9. The zero-order chi connectivity index (χ0) is 22.5. The number of fused-ring (bicyclic) bond motifs is 1. The lowest BCUT2D eigenvalue weighted by atomic mass is 9.62. The molecule has 0 heterocycles. The van der Waals surface area contributed by atoms with Gasteiger partial charge >= 0.3 is 12.1 Å². The molecule has 0 saturated carbocycles. The number of alkyl halides is 3. The number of hydrogen-bond acceptors (Lipinski definition) is 1. The molecular weight excluding hydrogens is 389 g/mol. The zero-order valence-corrected chi connectivity index (χ0v) is 17.9. The van der Waals surface area contributed by atoms with E-state index in [4.69, 9.17) is 5.11 Å². The number of allylic oxidation sites excluding steroid dienone is 1. The van der Waals surface area contributed by atoms with E-state index in [2.05, 4.69) is 27.7 Å². The number of carbonyl (C=O) groups is 1. The smallest absolute Gasteiger partial charge is 0.417 e. The Labute approximate surface area is 175 Å². The molecule has 5 heteroatoms. The summed E-state index contributed by atoms with van der Waals surface area (Å²) in [5.74, 6) is -1.17. The van der Waals surface area contributed by atoms with Crippen molar-refractivity contribution < 1.29 is 23.1 Å². The van der Waals surface area contributed by atoms with Gasteiger partial charge in [-0.2, -0.15) is 13.2 Å². The summed E-state index contributed by atoms with van der Waals surface area (Å²) in [5.41, 5.74) is 2.62. The summed E-state index contributed by atoms with van der Waals surface area (Å²) in [6.45, 7) is 10.5. The van der Waals surface area contributed by atoms with Crippen molar-refractivity contribution >= 4 is 17.6 Å². The minimum atomic E-state index is -4.57. The van der Waals surface area contributed by atoms with Crippen LogP contribution >= 0.6 is 0 Å². The highest BCUT2D eigenvalue weighted by atomic mass is 19.4. The maximum absolute atomic E-state index is 13.9. The third-order valence-electron chi connectivity index (χ3n) is 6.29. The Morgan fingerprint density at radius 3 is 1.87 bits per heavy atom. The molecule has 0 aliphatic heterocycles. The summed E-state index contributed by atoms with van der Waals surface area (Å²) < 4.78 is 41.7. The molecule has 1 N–H and O–H groups in total. The van der Waals surface area contributed by atoms with Gasteiger partial charge in [0, 0.05) is 0 Å². The second kappa shape index (κ2) is 7.29. The van der Waals surface area contributed by atoms with Gasteiger partial charge in [-0.05, 0) is 76.6 Å². The highest BCUT2D eigenvalue weighted by molar-refractivity contribution is 5.90. The predicted molar refractivity (Wildman–Crippen MR) is 114 cm³/mol. The summed E-state index contributed by atoms with van der Waals surface area (Å²) in [4.78, 5) is 11.0. The summed E-state index contributed by atoms with van der Waals surface area (Å²) in [6, 6.07) is 8.75. The molecule has 3 rings (SSSR count). The van der Waals surface area contributed by atoms with Gasteiger partial charge in [0.15, 0.2) is 0 Å². The number of carboxylic acids is 1. The fourth-order valence-corrected chi connectivity index (χ4v) is 4.17. The lowest BCUT2D eigenvalue weighted by Gasteiger charge is -2.42. The van der Waals surface area contributed by atoms with Crippen LogP contribution < -0.4 is 0 Å². The third kappa shape index (κ3) is 4.16. The summed E-state index contributed by atoms with van der Waals surface area (Å²) >= 11 is 0. The first-order chi connectivity index (χ1) is 13.7. The van der Waals surface area contributed by atoms with E-state index in [1.165, 1.54) is 35.9 Å². The fourth-order valence-electron chi connectivity index (χ4n) is 4.17. The molecule has 1 aliphatic carbocycles. The van der Waals surface area contributed by atoms with Gasteiger partial charge in [-0.1, -0.05) is 52.0 Å². The lowest BCUT2D eigenvalue weighted by molar-refractivity contribution is -0.0683. The van der Waals surface area contributed by atoms with E-state index in [1.807, 2.05) is 19.1 Å². The molecule has 0 radical (unpaired) electrons. The molecule has 0 spiro atoms. The molecule has 0 fully saturated rings. The molecule has 2 aromatic carbocycles. The van der Waals surface area contributed by atoms with Crippen LogP contribution in [0.3, 0.4) is 0 Å².